The van der Waals surface area contributed by atoms with Crippen molar-refractivity contribution in [3.63, 3.8) is 0 Å². The predicted octanol–water partition coefficient (Wildman–Crippen LogP) is 2.46. The van der Waals surface area contributed by atoms with Gasteiger partial charge in [-0.2, -0.15) is 0 Å². The summed E-state index contributed by atoms with van der Waals surface area (Å²) in [5.41, 5.74) is 1.58. The molecule has 46 valence electrons. The number of hydrogen-bond acceptors (Lipinski definition) is 1. The fourth-order valence-corrected chi connectivity index (χ4v) is 2.18. The molecule has 0 aromatic carbocycles. The van der Waals surface area contributed by atoms with Gasteiger partial charge in [-0.05, 0) is 13.3 Å². The average molecular weight is 128 g/mol. The zero-order valence-electron chi connectivity index (χ0n) is 5.48. The summed E-state index contributed by atoms with van der Waals surface area (Å²) in [6, 6.07) is 0. The predicted molar refractivity (Wildman–Crippen MR) is 40.3 cm³/mol. The van der Waals surface area contributed by atoms with Crippen molar-refractivity contribution >= 4 is 11.8 Å². The van der Waals surface area contributed by atoms with Crippen LogP contribution in [0.25, 0.3) is 0 Å². The third-order valence-electron chi connectivity index (χ3n) is 1.58. The Morgan fingerprint density at radius 2 is 2.62 bits per heavy atom. The molecule has 0 N–H and O–H groups in total. The van der Waals surface area contributed by atoms with Crippen LogP contribution in [-0.2, 0) is 0 Å². The molecule has 0 nitrogen and oxygen atoms in total. The van der Waals surface area contributed by atoms with E-state index in [1.54, 1.807) is 5.57 Å². The first-order chi connectivity index (χ1) is 3.84. The maximum absolute atomic E-state index is 2.33. The molecule has 0 fully saturated rings. The SMILES string of the molecule is CCC1SCC=C1C. The Bertz CT molecular complexity index is 105. The number of thioether (sulfide) groups is 1. The third-order valence-corrected chi connectivity index (χ3v) is 3.05. The number of hydrogen-bond donors (Lipinski definition) is 0. The van der Waals surface area contributed by atoms with Gasteiger partial charge in [-0.15, -0.1) is 11.8 Å². The highest BCUT2D eigenvalue weighted by atomic mass is 32.2. The van der Waals surface area contributed by atoms with E-state index in [0.29, 0.717) is 0 Å². The minimum atomic E-state index is 0.843. The van der Waals surface area contributed by atoms with E-state index in [2.05, 4.69) is 31.7 Å². The van der Waals surface area contributed by atoms with Gasteiger partial charge in [0.1, 0.15) is 0 Å². The first-order valence-electron chi connectivity index (χ1n) is 3.13. The van der Waals surface area contributed by atoms with Crippen molar-refractivity contribution in [3.05, 3.63) is 11.6 Å². The van der Waals surface area contributed by atoms with Crippen LogP contribution >= 0.6 is 11.8 Å². The second-order valence-corrected chi connectivity index (χ2v) is 3.41. The Morgan fingerprint density at radius 3 is 2.88 bits per heavy atom. The standard InChI is InChI=1S/C7H12S/c1-3-7-6(2)4-5-8-7/h4,7H,3,5H2,1-2H3. The van der Waals surface area contributed by atoms with Crippen molar-refractivity contribution in [2.24, 2.45) is 0 Å². The van der Waals surface area contributed by atoms with Crippen LogP contribution in [0.15, 0.2) is 11.6 Å². The van der Waals surface area contributed by atoms with Gasteiger partial charge in [0.2, 0.25) is 0 Å². The second kappa shape index (κ2) is 2.58. The zero-order chi connectivity index (χ0) is 5.98. The fourth-order valence-electron chi connectivity index (χ4n) is 0.998. The molecule has 0 spiro atoms. The molecule has 0 aliphatic carbocycles. The molecule has 0 bridgehead atoms. The molecule has 8 heavy (non-hydrogen) atoms. The topological polar surface area (TPSA) is 0 Å². The molecule has 1 atom stereocenters. The van der Waals surface area contributed by atoms with Crippen LogP contribution < -0.4 is 0 Å². The van der Waals surface area contributed by atoms with Gasteiger partial charge >= 0.3 is 0 Å². The quantitative estimate of drug-likeness (QED) is 0.489. The average Bonchev–Trinajstić information content (AvgIpc) is 2.14. The van der Waals surface area contributed by atoms with Gasteiger partial charge in [0.15, 0.2) is 0 Å². The van der Waals surface area contributed by atoms with E-state index in [-0.39, 0.29) is 0 Å². The highest BCUT2D eigenvalue weighted by molar-refractivity contribution is 8.00. The molecule has 1 heterocycles. The lowest BCUT2D eigenvalue weighted by atomic mass is 10.2. The normalized spacial score (nSPS) is 28.2. The lowest BCUT2D eigenvalue weighted by molar-refractivity contribution is 0.935. The van der Waals surface area contributed by atoms with Crippen molar-refractivity contribution < 1.29 is 0 Å². The molecule has 0 amide bonds. The van der Waals surface area contributed by atoms with Crippen molar-refractivity contribution in [2.75, 3.05) is 5.75 Å². The van der Waals surface area contributed by atoms with E-state index in [9.17, 15) is 0 Å². The summed E-state index contributed by atoms with van der Waals surface area (Å²) in [5.74, 6) is 1.24. The monoisotopic (exact) mass is 128 g/mol. The zero-order valence-corrected chi connectivity index (χ0v) is 6.29. The van der Waals surface area contributed by atoms with E-state index in [1.807, 2.05) is 0 Å². The highest BCUT2D eigenvalue weighted by Gasteiger charge is 2.12. The third kappa shape index (κ3) is 1.08. The summed E-state index contributed by atoms with van der Waals surface area (Å²) >= 11 is 2.06. The van der Waals surface area contributed by atoms with Crippen LogP contribution in [0.5, 0.6) is 0 Å². The first-order valence-corrected chi connectivity index (χ1v) is 4.17. The maximum atomic E-state index is 2.33. The summed E-state index contributed by atoms with van der Waals surface area (Å²) in [7, 11) is 0. The van der Waals surface area contributed by atoms with E-state index in [0.717, 1.165) is 5.25 Å². The summed E-state index contributed by atoms with van der Waals surface area (Å²) in [4.78, 5) is 0. The van der Waals surface area contributed by atoms with E-state index in [4.69, 9.17) is 0 Å². The molecular formula is C7H12S. The van der Waals surface area contributed by atoms with Gasteiger partial charge in [0.25, 0.3) is 0 Å². The molecule has 1 rings (SSSR count). The lowest BCUT2D eigenvalue weighted by Gasteiger charge is -2.04. The molecular weight excluding hydrogens is 116 g/mol. The second-order valence-electron chi connectivity index (χ2n) is 2.18. The largest absolute Gasteiger partial charge is 0.150 e. The Labute approximate surface area is 55.4 Å². The smallest absolute Gasteiger partial charge is 0.0254 e. The summed E-state index contributed by atoms with van der Waals surface area (Å²) in [6.45, 7) is 4.48. The van der Waals surface area contributed by atoms with Crippen LogP contribution in [0.2, 0.25) is 0 Å². The van der Waals surface area contributed by atoms with Crippen LogP contribution in [0.1, 0.15) is 20.3 Å². The van der Waals surface area contributed by atoms with Crippen LogP contribution in [0.4, 0.5) is 0 Å². The Balaban J connectivity index is 2.46. The Hall–Kier alpha value is 0.0900. The minimum absolute atomic E-state index is 0.843. The number of rotatable bonds is 1. The van der Waals surface area contributed by atoms with Gasteiger partial charge < -0.3 is 0 Å². The van der Waals surface area contributed by atoms with Gasteiger partial charge in [0, 0.05) is 11.0 Å². The molecule has 0 radical (unpaired) electrons. The van der Waals surface area contributed by atoms with E-state index >= 15 is 0 Å². The van der Waals surface area contributed by atoms with Crippen molar-refractivity contribution in [1.82, 2.24) is 0 Å². The van der Waals surface area contributed by atoms with Crippen LogP contribution in [0.3, 0.4) is 0 Å². The highest BCUT2D eigenvalue weighted by Crippen LogP contribution is 2.28. The molecule has 0 saturated carbocycles. The maximum Gasteiger partial charge on any atom is 0.0254 e. The lowest BCUT2D eigenvalue weighted by Crippen LogP contribution is -1.95. The van der Waals surface area contributed by atoms with Gasteiger partial charge in [-0.3, -0.25) is 0 Å². The van der Waals surface area contributed by atoms with Crippen LogP contribution in [0, 0.1) is 0 Å². The van der Waals surface area contributed by atoms with Crippen LogP contribution in [-0.4, -0.2) is 11.0 Å². The Kier molecular flexibility index (Phi) is 2.01. The molecule has 0 saturated heterocycles. The van der Waals surface area contributed by atoms with Gasteiger partial charge in [-0.1, -0.05) is 18.6 Å². The molecule has 1 aliphatic rings. The van der Waals surface area contributed by atoms with E-state index in [1.165, 1.54) is 12.2 Å². The van der Waals surface area contributed by atoms with Gasteiger partial charge in [0.05, 0.1) is 0 Å². The van der Waals surface area contributed by atoms with Crippen molar-refractivity contribution in [2.45, 2.75) is 25.5 Å². The van der Waals surface area contributed by atoms with E-state index < -0.39 is 0 Å². The van der Waals surface area contributed by atoms with Gasteiger partial charge in [-0.25, -0.2) is 0 Å². The first kappa shape index (κ1) is 6.21. The molecule has 0 aromatic heterocycles. The Morgan fingerprint density at radius 1 is 1.88 bits per heavy atom. The summed E-state index contributed by atoms with van der Waals surface area (Å²) in [6.07, 6.45) is 3.63. The fraction of sp³-hybridized carbons (Fsp3) is 0.714. The summed E-state index contributed by atoms with van der Waals surface area (Å²) in [5, 5.41) is 0.843. The molecule has 1 aliphatic heterocycles. The minimum Gasteiger partial charge on any atom is -0.150 e. The summed E-state index contributed by atoms with van der Waals surface area (Å²) < 4.78 is 0. The van der Waals surface area contributed by atoms with Crippen molar-refractivity contribution in [1.29, 1.82) is 0 Å². The molecule has 1 unspecified atom stereocenters. The molecule has 1 heteroatoms. The van der Waals surface area contributed by atoms with Crippen molar-refractivity contribution in [3.8, 4) is 0 Å². The molecule has 0 aromatic rings.